The number of aliphatic imine (C=N–C) groups is 1. The van der Waals surface area contributed by atoms with Crippen molar-refractivity contribution in [2.45, 2.75) is 165 Å². The van der Waals surface area contributed by atoms with E-state index in [1.807, 2.05) is 0 Å². The maximum atomic E-state index is 14.8. The molecule has 0 unspecified atom stereocenters. The second-order valence-corrected chi connectivity index (χ2v) is 18.2. The lowest BCUT2D eigenvalue weighted by Crippen LogP contribution is -2.63. The van der Waals surface area contributed by atoms with Crippen LogP contribution in [0.1, 0.15) is 98.3 Å². The molecular formula is C47H77N15O17. The summed E-state index contributed by atoms with van der Waals surface area (Å²) in [6.07, 6.45) is -8.43. The molecule has 0 aromatic carbocycles. The molecule has 0 radical (unpaired) electrons. The van der Waals surface area contributed by atoms with E-state index in [2.05, 4.69) is 52.8 Å². The van der Waals surface area contributed by atoms with Crippen molar-refractivity contribution in [1.29, 1.82) is 0 Å². The summed E-state index contributed by atoms with van der Waals surface area (Å²) < 4.78 is 0. The SMILES string of the molecule is CC[C@H](C)[C@@H](C=O)N[C@H](CC(=O)[C@@H](NC(=O)[C@@H](CC(=O)[C@H](NCC=O)NC(C)=O)N[C@H](C=O)CC(=O)O)N[C@@H](CCCCN)C(=O)C(C)=O)C(=O)N[C@@H](N[C@H](C=O)CC(N)=O)C(=O)C[C@@H](N[C@H](C=O)CCCN=C(N)N)C(N)=O. The van der Waals surface area contributed by atoms with Crippen LogP contribution in [0, 0.1) is 5.92 Å². The summed E-state index contributed by atoms with van der Waals surface area (Å²) >= 11 is 0. The van der Waals surface area contributed by atoms with Crippen LogP contribution in [0.3, 0.4) is 0 Å². The standard InChI is InChI=1S/C47H77N15O17/c1-5-24(2)34(23-67)59-33(46(79)61-43(58-28(21-65)15-38(49)73)36(71)17-31(41(50)77)56-27(20-64)9-8-12-54-47(51)52)19-37(72)44(60-30(10-6-7-11-48)40(76)25(3)68)62-45(78)32(57-29(22-66)16-39(74)75)18-35(70)42(53-13-14-63)55-26(4)69/h14,20-24,27-34,42-44,53,56-60H,5-13,15-19,48H2,1-4H3,(H2,49,73)(H2,50,77)(H,55,69)(H,61,79)(H,62,78)(H,74,75)(H4,51,52,54)/t24-,27-,28-,29-,30-,31+,32+,33+,34+,42+,43+,44+/m0/s1. The smallest absolute Gasteiger partial charge is 0.305 e. The van der Waals surface area contributed by atoms with Crippen LogP contribution < -0.4 is 76.5 Å². The molecule has 0 aliphatic heterocycles. The first kappa shape index (κ1) is 71.5. The lowest BCUT2D eigenvalue weighted by Gasteiger charge is -2.31. The molecular weight excluding hydrogens is 1050 g/mol. The van der Waals surface area contributed by atoms with E-state index in [1.54, 1.807) is 13.8 Å². The van der Waals surface area contributed by atoms with Crippen molar-refractivity contribution in [2.75, 3.05) is 19.6 Å². The number of aliphatic carboxylic acids is 1. The van der Waals surface area contributed by atoms with Crippen LogP contribution in [0.15, 0.2) is 4.99 Å². The van der Waals surface area contributed by atoms with E-state index in [9.17, 15) is 81.8 Å². The number of Topliss-reactive ketones (excluding diaryl/α,β-unsaturated/α-hetero) is 5. The van der Waals surface area contributed by atoms with E-state index in [4.69, 9.17) is 28.7 Å². The van der Waals surface area contributed by atoms with Crippen molar-refractivity contribution >= 4 is 102 Å². The van der Waals surface area contributed by atoms with Crippen LogP contribution in [0.25, 0.3) is 0 Å². The van der Waals surface area contributed by atoms with E-state index in [-0.39, 0.29) is 70.1 Å². The summed E-state index contributed by atoms with van der Waals surface area (Å²) in [7, 11) is 0. The molecule has 0 bridgehead atoms. The number of carboxylic acids is 1. The minimum atomic E-state index is -2.17. The number of hydrogen-bond acceptors (Lipinski definition) is 24. The third-order valence-corrected chi connectivity index (χ3v) is 11.7. The van der Waals surface area contributed by atoms with Gasteiger partial charge in [0.15, 0.2) is 29.1 Å². The van der Waals surface area contributed by atoms with Gasteiger partial charge in [0.05, 0.1) is 61.3 Å². The minimum absolute atomic E-state index is 0.0317. The van der Waals surface area contributed by atoms with E-state index in [1.165, 1.54) is 0 Å². The number of carboxylic acid groups (broad SMARTS) is 1. The molecule has 0 rings (SSSR count). The van der Waals surface area contributed by atoms with Crippen molar-refractivity contribution in [3.8, 4) is 0 Å². The number of nitrogens with two attached hydrogens (primary N) is 5. The van der Waals surface area contributed by atoms with Crippen LogP contribution in [-0.2, 0) is 76.7 Å². The summed E-state index contributed by atoms with van der Waals surface area (Å²) in [6.45, 7) is 4.88. The van der Waals surface area contributed by atoms with E-state index >= 15 is 0 Å². The number of nitrogens with one attached hydrogen (secondary N) is 9. The highest BCUT2D eigenvalue weighted by atomic mass is 16.4. The minimum Gasteiger partial charge on any atom is -0.481 e. The number of primary amides is 2. The topological polar surface area (TPSA) is 544 Å². The molecule has 79 heavy (non-hydrogen) atoms. The molecule has 32 nitrogen and oxygen atoms in total. The average molecular weight is 1120 g/mol. The van der Waals surface area contributed by atoms with E-state index in [0.29, 0.717) is 18.9 Å². The highest BCUT2D eigenvalue weighted by Crippen LogP contribution is 2.13. The highest BCUT2D eigenvalue weighted by molar-refractivity contribution is 6.38. The second kappa shape index (κ2) is 39.0. The number of unbranched alkanes of at least 4 members (excludes halogenated alkanes) is 1. The number of carbonyl (C=O) groups excluding carboxylic acids is 15. The zero-order valence-electron chi connectivity index (χ0n) is 44.5. The Bertz CT molecular complexity index is 2180. The molecule has 0 spiro atoms. The Labute approximate surface area is 454 Å². The summed E-state index contributed by atoms with van der Waals surface area (Å²) in [4.78, 5) is 210. The van der Waals surface area contributed by atoms with Crippen LogP contribution in [0.4, 0.5) is 0 Å². The van der Waals surface area contributed by atoms with Gasteiger partial charge in [0.2, 0.25) is 35.3 Å². The molecule has 0 aromatic rings. The first-order chi connectivity index (χ1) is 37.2. The van der Waals surface area contributed by atoms with Crippen molar-refractivity contribution in [3.63, 3.8) is 0 Å². The van der Waals surface area contributed by atoms with Crippen LogP contribution in [0.2, 0.25) is 0 Å². The number of hydrogen-bond donors (Lipinski definition) is 15. The van der Waals surface area contributed by atoms with Gasteiger partial charge < -0.3 is 73.7 Å². The fourth-order valence-corrected chi connectivity index (χ4v) is 7.38. The number of ketones is 5. The molecule has 0 aliphatic rings. The van der Waals surface area contributed by atoms with Gasteiger partial charge in [-0.1, -0.05) is 26.7 Å². The fraction of sp³-hybridized carbons (Fsp3) is 0.638. The van der Waals surface area contributed by atoms with Crippen molar-refractivity contribution in [1.82, 2.24) is 47.9 Å². The third-order valence-electron chi connectivity index (χ3n) is 11.7. The maximum Gasteiger partial charge on any atom is 0.305 e. The Balaban J connectivity index is 7.91. The third kappa shape index (κ3) is 29.2. The van der Waals surface area contributed by atoms with Crippen molar-refractivity contribution < 1.29 is 81.8 Å². The van der Waals surface area contributed by atoms with Crippen molar-refractivity contribution in [3.05, 3.63) is 0 Å². The predicted molar refractivity (Wildman–Crippen MR) is 278 cm³/mol. The highest BCUT2D eigenvalue weighted by Gasteiger charge is 2.38. The van der Waals surface area contributed by atoms with Gasteiger partial charge >= 0.3 is 5.97 Å². The van der Waals surface area contributed by atoms with Crippen molar-refractivity contribution in [2.24, 2.45) is 39.6 Å². The molecule has 12 atom stereocenters. The number of nitrogens with zero attached hydrogens (tertiary/aromatic N) is 1. The summed E-state index contributed by atoms with van der Waals surface area (Å²) in [6, 6.07) is -12.8. The molecule has 442 valence electrons. The first-order valence-electron chi connectivity index (χ1n) is 25.1. The Morgan fingerprint density at radius 2 is 1.09 bits per heavy atom. The van der Waals surface area contributed by atoms with Gasteiger partial charge in [-0.3, -0.25) is 89.6 Å². The number of carbonyl (C=O) groups is 16. The summed E-state index contributed by atoms with van der Waals surface area (Å²) in [5, 5.41) is 31.5. The van der Waals surface area contributed by atoms with Crippen LogP contribution in [0.5, 0.6) is 0 Å². The lowest BCUT2D eigenvalue weighted by atomic mass is 9.97. The molecule has 0 fully saturated rings. The van der Waals surface area contributed by atoms with E-state index in [0.717, 1.165) is 13.8 Å². The van der Waals surface area contributed by atoms with Crippen LogP contribution >= 0.6 is 0 Å². The maximum absolute atomic E-state index is 14.8. The zero-order valence-corrected chi connectivity index (χ0v) is 44.5. The number of aldehydes is 5. The monoisotopic (exact) mass is 1120 g/mol. The predicted octanol–water partition coefficient (Wildman–Crippen LogP) is -8.09. The first-order valence-corrected chi connectivity index (χ1v) is 25.1. The molecule has 32 heteroatoms. The molecule has 0 saturated carbocycles. The quantitative estimate of drug-likeness (QED) is 0.00672. The molecule has 0 saturated heterocycles. The number of guanidine groups is 1. The summed E-state index contributed by atoms with van der Waals surface area (Å²) in [5.41, 5.74) is 27.2. The largest absolute Gasteiger partial charge is 0.481 e. The molecule has 0 aromatic heterocycles. The van der Waals surface area contributed by atoms with Gasteiger partial charge in [-0.15, -0.1) is 0 Å². The zero-order chi connectivity index (χ0) is 60.4. The average Bonchev–Trinajstić information content (AvgIpc) is 3.38. The Hall–Kier alpha value is -7.49. The number of amides is 5. The van der Waals surface area contributed by atoms with E-state index < -0.39 is 176 Å². The van der Waals surface area contributed by atoms with Gasteiger partial charge in [0.25, 0.3) is 0 Å². The van der Waals surface area contributed by atoms with Gasteiger partial charge in [-0.25, -0.2) is 0 Å². The fourth-order valence-electron chi connectivity index (χ4n) is 7.38. The lowest BCUT2D eigenvalue weighted by molar-refractivity contribution is -0.139. The Morgan fingerprint density at radius 1 is 0.570 bits per heavy atom. The molecule has 20 N–H and O–H groups in total. The Kier molecular flexibility index (Phi) is 35.3. The van der Waals surface area contributed by atoms with Gasteiger partial charge in [-0.05, 0) is 38.1 Å². The van der Waals surface area contributed by atoms with Gasteiger partial charge in [-0.2, -0.15) is 0 Å². The van der Waals surface area contributed by atoms with Gasteiger partial charge in [0.1, 0.15) is 49.9 Å². The molecule has 5 amide bonds. The second-order valence-electron chi connectivity index (χ2n) is 18.2. The Morgan fingerprint density at radius 3 is 1.54 bits per heavy atom. The molecule has 0 heterocycles. The number of rotatable bonds is 48. The summed E-state index contributed by atoms with van der Waals surface area (Å²) in [5.74, 6) is -13.5. The molecule has 0 aliphatic carbocycles. The van der Waals surface area contributed by atoms with Gasteiger partial charge in [0, 0.05) is 46.1 Å². The normalized spacial score (nSPS) is 15.6. The van der Waals surface area contributed by atoms with Crippen LogP contribution in [-0.4, -0.2) is 193 Å².